The highest BCUT2D eigenvalue weighted by Crippen LogP contribution is 2.32. The van der Waals surface area contributed by atoms with E-state index >= 15 is 0 Å². The highest BCUT2D eigenvalue weighted by molar-refractivity contribution is 5.18. The molecule has 25 heavy (non-hydrogen) atoms. The van der Waals surface area contributed by atoms with Gasteiger partial charge in [-0.2, -0.15) is 4.98 Å². The molecule has 4 heterocycles. The van der Waals surface area contributed by atoms with Gasteiger partial charge in [0.15, 0.2) is 5.82 Å². The van der Waals surface area contributed by atoms with Gasteiger partial charge < -0.3 is 14.4 Å². The SMILES string of the molecule is Cc1ccc(C2(O)CCN(Cc3noc(C4CCCO4)n3)CC2)nc1. The predicted octanol–water partition coefficient (Wildman–Crippen LogP) is 2.11. The van der Waals surface area contributed by atoms with E-state index in [0.29, 0.717) is 31.1 Å². The van der Waals surface area contributed by atoms with Gasteiger partial charge in [0.05, 0.1) is 12.2 Å². The van der Waals surface area contributed by atoms with Crippen molar-refractivity contribution in [3.05, 3.63) is 41.3 Å². The Morgan fingerprint density at radius 3 is 2.84 bits per heavy atom. The fourth-order valence-electron chi connectivity index (χ4n) is 3.52. The van der Waals surface area contributed by atoms with Crippen LogP contribution < -0.4 is 0 Å². The van der Waals surface area contributed by atoms with E-state index in [-0.39, 0.29) is 6.10 Å². The quantitative estimate of drug-likeness (QED) is 0.909. The zero-order valence-corrected chi connectivity index (χ0v) is 14.5. The van der Waals surface area contributed by atoms with Crippen LogP contribution in [0.3, 0.4) is 0 Å². The Balaban J connectivity index is 1.35. The lowest BCUT2D eigenvalue weighted by Gasteiger charge is -2.37. The summed E-state index contributed by atoms with van der Waals surface area (Å²) in [6.45, 7) is 4.94. The smallest absolute Gasteiger partial charge is 0.255 e. The summed E-state index contributed by atoms with van der Waals surface area (Å²) in [4.78, 5) is 11.1. The number of hydrogen-bond donors (Lipinski definition) is 1. The lowest BCUT2D eigenvalue weighted by Crippen LogP contribution is -2.42. The Labute approximate surface area is 147 Å². The molecule has 4 rings (SSSR count). The molecule has 1 atom stereocenters. The van der Waals surface area contributed by atoms with Gasteiger partial charge in [0.2, 0.25) is 0 Å². The number of nitrogens with zero attached hydrogens (tertiary/aromatic N) is 4. The summed E-state index contributed by atoms with van der Waals surface area (Å²) in [6, 6.07) is 3.93. The number of aryl methyl sites for hydroxylation is 1. The van der Waals surface area contributed by atoms with Gasteiger partial charge in [0.25, 0.3) is 5.89 Å². The first-order valence-corrected chi connectivity index (χ1v) is 8.94. The maximum absolute atomic E-state index is 10.9. The Bertz CT molecular complexity index is 701. The van der Waals surface area contributed by atoms with Crippen molar-refractivity contribution in [2.75, 3.05) is 19.7 Å². The number of piperidine rings is 1. The summed E-state index contributed by atoms with van der Waals surface area (Å²) in [5.74, 6) is 1.27. The van der Waals surface area contributed by atoms with Gasteiger partial charge in [-0.25, -0.2) is 0 Å². The van der Waals surface area contributed by atoms with Crippen LogP contribution in [0.1, 0.15) is 54.8 Å². The number of hydrogen-bond acceptors (Lipinski definition) is 7. The molecule has 1 unspecified atom stereocenters. The maximum Gasteiger partial charge on any atom is 0.255 e. The van der Waals surface area contributed by atoms with E-state index in [4.69, 9.17) is 9.26 Å². The van der Waals surface area contributed by atoms with E-state index in [1.807, 2.05) is 25.3 Å². The van der Waals surface area contributed by atoms with Crippen molar-refractivity contribution in [2.24, 2.45) is 0 Å². The molecule has 2 aromatic rings. The van der Waals surface area contributed by atoms with Gasteiger partial charge in [0, 0.05) is 25.9 Å². The second kappa shape index (κ2) is 6.82. The summed E-state index contributed by atoms with van der Waals surface area (Å²) in [5, 5.41) is 15.0. The molecule has 2 aromatic heterocycles. The summed E-state index contributed by atoms with van der Waals surface area (Å²) in [5.41, 5.74) is 1.02. The number of pyridine rings is 1. The monoisotopic (exact) mass is 344 g/mol. The molecule has 0 spiro atoms. The lowest BCUT2D eigenvalue weighted by molar-refractivity contribution is -0.0316. The van der Waals surface area contributed by atoms with Crippen molar-refractivity contribution in [1.29, 1.82) is 0 Å². The van der Waals surface area contributed by atoms with Crippen LogP contribution in [0, 0.1) is 6.92 Å². The zero-order valence-electron chi connectivity index (χ0n) is 14.5. The number of ether oxygens (including phenoxy) is 1. The van der Waals surface area contributed by atoms with Crippen molar-refractivity contribution < 1.29 is 14.4 Å². The third-order valence-electron chi connectivity index (χ3n) is 5.13. The number of likely N-dealkylation sites (tertiary alicyclic amines) is 1. The summed E-state index contributed by atoms with van der Waals surface area (Å²) in [6.07, 6.45) is 5.06. The fraction of sp³-hybridized carbons (Fsp3) is 0.611. The number of rotatable bonds is 4. The molecule has 0 aromatic carbocycles. The van der Waals surface area contributed by atoms with Crippen LogP contribution in [0.4, 0.5) is 0 Å². The molecule has 2 aliphatic rings. The molecular weight excluding hydrogens is 320 g/mol. The van der Waals surface area contributed by atoms with Crippen LogP contribution >= 0.6 is 0 Å². The summed E-state index contributed by atoms with van der Waals surface area (Å²) >= 11 is 0. The first-order chi connectivity index (χ1) is 12.1. The number of aromatic nitrogens is 3. The largest absolute Gasteiger partial charge is 0.383 e. The Kier molecular flexibility index (Phi) is 4.54. The van der Waals surface area contributed by atoms with E-state index in [1.165, 1.54) is 0 Å². The standard InChI is InChI=1S/C18H24N4O3/c1-13-4-5-15(19-11-13)18(23)6-8-22(9-7-18)12-16-20-17(25-21-16)14-3-2-10-24-14/h4-5,11,14,23H,2-3,6-10,12H2,1H3. The van der Waals surface area contributed by atoms with Crippen LogP contribution in [0.15, 0.2) is 22.9 Å². The van der Waals surface area contributed by atoms with Crippen LogP contribution in [-0.4, -0.2) is 44.8 Å². The molecule has 2 saturated heterocycles. The highest BCUT2D eigenvalue weighted by atomic mass is 16.5. The van der Waals surface area contributed by atoms with Crippen LogP contribution in [-0.2, 0) is 16.9 Å². The van der Waals surface area contributed by atoms with Crippen LogP contribution in [0.5, 0.6) is 0 Å². The minimum atomic E-state index is -0.843. The fourth-order valence-corrected chi connectivity index (χ4v) is 3.52. The zero-order chi connectivity index (χ0) is 17.3. The van der Waals surface area contributed by atoms with Gasteiger partial charge in [-0.15, -0.1) is 0 Å². The second-order valence-electron chi connectivity index (χ2n) is 7.08. The Hall–Kier alpha value is -1.83. The van der Waals surface area contributed by atoms with Crippen molar-refractivity contribution in [2.45, 2.75) is 50.9 Å². The molecule has 2 fully saturated rings. The molecule has 7 nitrogen and oxygen atoms in total. The normalized spacial score (nSPS) is 23.8. The van der Waals surface area contributed by atoms with Crippen molar-refractivity contribution in [3.63, 3.8) is 0 Å². The molecule has 0 saturated carbocycles. The highest BCUT2D eigenvalue weighted by Gasteiger charge is 2.35. The lowest BCUT2D eigenvalue weighted by atomic mass is 9.87. The van der Waals surface area contributed by atoms with E-state index in [2.05, 4.69) is 20.0 Å². The van der Waals surface area contributed by atoms with Gasteiger partial charge >= 0.3 is 0 Å². The van der Waals surface area contributed by atoms with Crippen molar-refractivity contribution in [1.82, 2.24) is 20.0 Å². The van der Waals surface area contributed by atoms with Gasteiger partial charge in [0.1, 0.15) is 11.7 Å². The van der Waals surface area contributed by atoms with E-state index in [1.54, 1.807) is 0 Å². The molecule has 2 aliphatic heterocycles. The molecule has 134 valence electrons. The first-order valence-electron chi connectivity index (χ1n) is 8.94. The third kappa shape index (κ3) is 3.58. The molecule has 1 N–H and O–H groups in total. The van der Waals surface area contributed by atoms with Gasteiger partial charge in [-0.1, -0.05) is 11.2 Å². The summed E-state index contributed by atoms with van der Waals surface area (Å²) < 4.78 is 10.9. The Morgan fingerprint density at radius 2 is 2.16 bits per heavy atom. The van der Waals surface area contributed by atoms with Crippen molar-refractivity contribution in [3.8, 4) is 0 Å². The molecule has 0 aliphatic carbocycles. The molecule has 0 amide bonds. The average molecular weight is 344 g/mol. The topological polar surface area (TPSA) is 84.5 Å². The van der Waals surface area contributed by atoms with Crippen molar-refractivity contribution >= 4 is 0 Å². The minimum absolute atomic E-state index is 0.0414. The number of aliphatic hydroxyl groups is 1. The van der Waals surface area contributed by atoms with Crippen LogP contribution in [0.25, 0.3) is 0 Å². The Morgan fingerprint density at radius 1 is 1.32 bits per heavy atom. The first kappa shape index (κ1) is 16.6. The molecular formula is C18H24N4O3. The minimum Gasteiger partial charge on any atom is -0.383 e. The molecule has 7 heteroatoms. The van der Waals surface area contributed by atoms with Gasteiger partial charge in [-0.05, 0) is 44.2 Å². The average Bonchev–Trinajstić information content (AvgIpc) is 3.29. The van der Waals surface area contributed by atoms with Crippen LogP contribution in [0.2, 0.25) is 0 Å². The maximum atomic E-state index is 10.9. The van der Waals surface area contributed by atoms with E-state index in [0.717, 1.165) is 43.8 Å². The predicted molar refractivity (Wildman–Crippen MR) is 89.6 cm³/mol. The third-order valence-corrected chi connectivity index (χ3v) is 5.13. The van der Waals surface area contributed by atoms with E-state index in [9.17, 15) is 5.11 Å². The second-order valence-corrected chi connectivity index (χ2v) is 7.08. The van der Waals surface area contributed by atoms with Gasteiger partial charge in [-0.3, -0.25) is 9.88 Å². The molecule has 0 radical (unpaired) electrons. The molecule has 0 bridgehead atoms. The van der Waals surface area contributed by atoms with E-state index < -0.39 is 5.60 Å². The summed E-state index contributed by atoms with van der Waals surface area (Å²) in [7, 11) is 0.